The van der Waals surface area contributed by atoms with Crippen molar-refractivity contribution in [3.8, 4) is 11.3 Å². The second-order valence-electron chi connectivity index (χ2n) is 12.0. The van der Waals surface area contributed by atoms with Crippen molar-refractivity contribution >= 4 is 28.3 Å². The third-order valence-electron chi connectivity index (χ3n) is 7.89. The summed E-state index contributed by atoms with van der Waals surface area (Å²) in [6, 6.07) is 16.7. The molecule has 252 valence electrons. The van der Waals surface area contributed by atoms with Crippen LogP contribution in [0.2, 0.25) is 0 Å². The van der Waals surface area contributed by atoms with E-state index in [2.05, 4.69) is 51.0 Å². The van der Waals surface area contributed by atoms with Crippen LogP contribution in [0.3, 0.4) is 0 Å². The van der Waals surface area contributed by atoms with Crippen molar-refractivity contribution in [1.82, 2.24) is 9.97 Å². The van der Waals surface area contributed by atoms with Gasteiger partial charge < -0.3 is 10.1 Å². The standard InChI is InChI=1S/C28H27N3O2.C11H22O.C2H6/c1-5-18(3)27(32)20-8-10-22(11-9-20)30-28(33)24-15-25(21-7-6-12-29-16-21)31-26-19(4)13-17(2)14-23(24)26;1-6-8-11(9(3)4)12-10(5)7-2;1-2/h6-16,18H,5H2,1-4H3,(H,30,33);10H,6-8H2,1-5H3;1-2H3. The monoisotopic (exact) mass is 637 g/mol. The third kappa shape index (κ3) is 11.2. The number of anilines is 1. The summed E-state index contributed by atoms with van der Waals surface area (Å²) in [6.07, 6.45) is 7.94. The molecule has 47 heavy (non-hydrogen) atoms. The Hall–Kier alpha value is -4.32. The number of ether oxygens (including phenoxy) is 1. The van der Waals surface area contributed by atoms with Crippen LogP contribution in [-0.4, -0.2) is 27.8 Å². The maximum absolute atomic E-state index is 13.4. The number of Topliss-reactive ketones (excluding diaryl/α,β-unsaturated/α-hetero) is 1. The first-order valence-corrected chi connectivity index (χ1v) is 17.1. The highest BCUT2D eigenvalue weighted by Crippen LogP contribution is 2.28. The minimum absolute atomic E-state index is 0.0222. The Kier molecular flexibility index (Phi) is 16.0. The third-order valence-corrected chi connectivity index (χ3v) is 7.89. The van der Waals surface area contributed by atoms with Crippen molar-refractivity contribution in [3.05, 3.63) is 101 Å². The first-order chi connectivity index (χ1) is 22.5. The van der Waals surface area contributed by atoms with Gasteiger partial charge in [0.05, 0.1) is 28.6 Å². The van der Waals surface area contributed by atoms with Gasteiger partial charge in [-0.1, -0.05) is 53.2 Å². The molecule has 4 rings (SSSR count). The minimum atomic E-state index is -0.224. The number of rotatable bonds is 11. The molecule has 0 bridgehead atoms. The lowest BCUT2D eigenvalue weighted by molar-refractivity contribution is 0.0927. The van der Waals surface area contributed by atoms with Crippen molar-refractivity contribution in [3.63, 3.8) is 0 Å². The summed E-state index contributed by atoms with van der Waals surface area (Å²) in [7, 11) is 0. The zero-order valence-electron chi connectivity index (χ0n) is 30.5. The van der Waals surface area contributed by atoms with Crippen LogP contribution in [0, 0.1) is 19.8 Å². The van der Waals surface area contributed by atoms with Crippen LogP contribution in [0.15, 0.2) is 78.3 Å². The van der Waals surface area contributed by atoms with Gasteiger partial charge in [-0.3, -0.25) is 14.6 Å². The second kappa shape index (κ2) is 19.4. The van der Waals surface area contributed by atoms with Crippen molar-refractivity contribution in [2.24, 2.45) is 5.92 Å². The smallest absolute Gasteiger partial charge is 0.256 e. The number of hydrogen-bond donors (Lipinski definition) is 1. The lowest BCUT2D eigenvalue weighted by Gasteiger charge is -2.16. The summed E-state index contributed by atoms with van der Waals surface area (Å²) in [6.45, 7) is 22.6. The van der Waals surface area contributed by atoms with Gasteiger partial charge in [0.1, 0.15) is 0 Å². The summed E-state index contributed by atoms with van der Waals surface area (Å²) in [5.74, 6) is 1.05. The molecule has 1 amide bonds. The summed E-state index contributed by atoms with van der Waals surface area (Å²) in [5.41, 5.74) is 7.57. The Bertz CT molecular complexity index is 1620. The summed E-state index contributed by atoms with van der Waals surface area (Å²) in [4.78, 5) is 34.8. The fourth-order valence-corrected chi connectivity index (χ4v) is 4.90. The average molecular weight is 638 g/mol. The maximum Gasteiger partial charge on any atom is 0.256 e. The quantitative estimate of drug-likeness (QED) is 0.131. The van der Waals surface area contributed by atoms with Gasteiger partial charge in [0.15, 0.2) is 5.78 Å². The van der Waals surface area contributed by atoms with E-state index < -0.39 is 0 Å². The van der Waals surface area contributed by atoms with Gasteiger partial charge in [-0.15, -0.1) is 0 Å². The van der Waals surface area contributed by atoms with E-state index in [-0.39, 0.29) is 17.6 Å². The van der Waals surface area contributed by atoms with E-state index in [0.717, 1.165) is 53.3 Å². The van der Waals surface area contributed by atoms with Gasteiger partial charge in [-0.2, -0.15) is 0 Å². The first kappa shape index (κ1) is 38.9. The number of pyridine rings is 2. The lowest BCUT2D eigenvalue weighted by atomic mass is 9.97. The van der Waals surface area contributed by atoms with E-state index in [1.165, 1.54) is 11.3 Å². The number of ketones is 1. The molecule has 4 aromatic rings. The van der Waals surface area contributed by atoms with Gasteiger partial charge in [0, 0.05) is 46.9 Å². The Morgan fingerprint density at radius 2 is 1.60 bits per heavy atom. The Labute approximate surface area is 283 Å². The molecule has 2 unspecified atom stereocenters. The number of aromatic nitrogens is 2. The van der Waals surface area contributed by atoms with Crippen molar-refractivity contribution < 1.29 is 14.3 Å². The fraction of sp³-hybridized carbons (Fsp3) is 0.415. The highest BCUT2D eigenvalue weighted by Gasteiger charge is 2.17. The van der Waals surface area contributed by atoms with Gasteiger partial charge in [-0.05, 0) is 114 Å². The highest BCUT2D eigenvalue weighted by molar-refractivity contribution is 6.13. The summed E-state index contributed by atoms with van der Waals surface area (Å²) >= 11 is 0. The van der Waals surface area contributed by atoms with Gasteiger partial charge in [0.2, 0.25) is 0 Å². The van der Waals surface area contributed by atoms with Crippen molar-refractivity contribution in [2.45, 2.75) is 108 Å². The van der Waals surface area contributed by atoms with Gasteiger partial charge in [-0.25, -0.2) is 4.98 Å². The molecule has 2 aromatic carbocycles. The molecule has 2 atom stereocenters. The number of fused-ring (bicyclic) bond motifs is 1. The molecule has 2 heterocycles. The van der Waals surface area contributed by atoms with Crippen molar-refractivity contribution in [1.29, 1.82) is 0 Å². The summed E-state index contributed by atoms with van der Waals surface area (Å²) in [5, 5.41) is 3.79. The van der Waals surface area contributed by atoms with E-state index in [0.29, 0.717) is 28.6 Å². The Morgan fingerprint density at radius 3 is 2.15 bits per heavy atom. The number of amides is 1. The molecule has 2 aromatic heterocycles. The first-order valence-electron chi connectivity index (χ1n) is 17.1. The molecule has 1 N–H and O–H groups in total. The second-order valence-corrected chi connectivity index (χ2v) is 12.0. The van der Waals surface area contributed by atoms with Crippen LogP contribution in [0.25, 0.3) is 22.2 Å². The molecular formula is C41H55N3O3. The van der Waals surface area contributed by atoms with Crippen LogP contribution in [0.5, 0.6) is 0 Å². The van der Waals surface area contributed by atoms with Gasteiger partial charge >= 0.3 is 0 Å². The molecule has 0 fully saturated rings. The zero-order chi connectivity index (χ0) is 35.1. The number of hydrogen-bond acceptors (Lipinski definition) is 5. The molecule has 6 nitrogen and oxygen atoms in total. The van der Waals surface area contributed by atoms with E-state index in [4.69, 9.17) is 9.72 Å². The predicted octanol–water partition coefficient (Wildman–Crippen LogP) is 11.3. The number of allylic oxidation sites excluding steroid dienone is 2. The molecule has 0 saturated carbocycles. The molecular weight excluding hydrogens is 582 g/mol. The van der Waals surface area contributed by atoms with Crippen LogP contribution >= 0.6 is 0 Å². The molecule has 6 heteroatoms. The lowest BCUT2D eigenvalue weighted by Crippen LogP contribution is -2.14. The predicted molar refractivity (Wildman–Crippen MR) is 198 cm³/mol. The largest absolute Gasteiger partial charge is 0.495 e. The zero-order valence-corrected chi connectivity index (χ0v) is 30.5. The van der Waals surface area contributed by atoms with E-state index in [9.17, 15) is 9.59 Å². The molecule has 0 radical (unpaired) electrons. The van der Waals surface area contributed by atoms with Gasteiger partial charge in [0.25, 0.3) is 5.91 Å². The molecule has 0 spiro atoms. The van der Waals surface area contributed by atoms with Crippen molar-refractivity contribution in [2.75, 3.05) is 5.32 Å². The number of nitrogens with zero attached hydrogens (tertiary/aromatic N) is 2. The topological polar surface area (TPSA) is 81.2 Å². The molecule has 0 aliphatic heterocycles. The average Bonchev–Trinajstić information content (AvgIpc) is 3.08. The number of aryl methyl sites for hydroxylation is 2. The SMILES string of the molecule is CC.CCC(C)C(=O)c1ccc(NC(=O)c2cc(-c3cccnc3)nc3c(C)cc(C)cc23)cc1.CCCC(OC(C)CC)=C(C)C. The maximum atomic E-state index is 13.4. The van der Waals surface area contributed by atoms with E-state index in [1.54, 1.807) is 36.7 Å². The normalized spacial score (nSPS) is 11.6. The van der Waals surface area contributed by atoms with E-state index in [1.807, 2.05) is 65.8 Å². The van der Waals surface area contributed by atoms with Crippen LogP contribution in [0.4, 0.5) is 5.69 Å². The molecule has 0 saturated heterocycles. The Morgan fingerprint density at radius 1 is 0.915 bits per heavy atom. The summed E-state index contributed by atoms with van der Waals surface area (Å²) < 4.78 is 5.78. The minimum Gasteiger partial charge on any atom is -0.495 e. The van der Waals surface area contributed by atoms with Crippen LogP contribution < -0.4 is 5.32 Å². The number of nitrogens with one attached hydrogen (secondary N) is 1. The number of carbonyl (C=O) groups excluding carboxylic acids is 2. The highest BCUT2D eigenvalue weighted by atomic mass is 16.5. The number of benzene rings is 2. The number of carbonyl (C=O) groups is 2. The molecule has 0 aliphatic rings. The Balaban J connectivity index is 0.000000465. The molecule has 0 aliphatic carbocycles. The van der Waals surface area contributed by atoms with Crippen LogP contribution in [0.1, 0.15) is 120 Å². The fourth-order valence-electron chi connectivity index (χ4n) is 4.90. The van der Waals surface area contributed by atoms with E-state index >= 15 is 0 Å². The van der Waals surface area contributed by atoms with Crippen LogP contribution in [-0.2, 0) is 4.74 Å².